The molecule has 186 valence electrons. The zero-order valence-corrected chi connectivity index (χ0v) is 19.1. The molecule has 2 heterocycles. The number of alkyl halides is 1. The molecule has 3 fully saturated rings. The van der Waals surface area contributed by atoms with Crippen molar-refractivity contribution >= 4 is 29.5 Å². The third kappa shape index (κ3) is 5.37. The smallest absolute Gasteiger partial charge is 0.408 e. The van der Waals surface area contributed by atoms with Crippen LogP contribution in [0.25, 0.3) is 0 Å². The number of carbonyl (C=O) groups excluding carboxylic acids is 4. The van der Waals surface area contributed by atoms with E-state index in [2.05, 4.69) is 21.0 Å². The monoisotopic (exact) mass is 479 g/mol. The number of halogens is 1. The lowest BCUT2D eigenvalue weighted by Gasteiger charge is -2.41. The number of hydrogen-bond donors (Lipinski definition) is 3. The largest absolute Gasteiger partial charge is 0.441 e. The fourth-order valence-electron chi connectivity index (χ4n) is 4.53. The highest BCUT2D eigenvalue weighted by atomic mass is 19.1. The zero-order chi connectivity index (χ0) is 24.3. The van der Waals surface area contributed by atoms with Crippen molar-refractivity contribution in [1.82, 2.24) is 20.4 Å². The second-order valence-electron chi connectivity index (χ2n) is 9.41. The molecule has 4 rings (SSSR count). The van der Waals surface area contributed by atoms with E-state index in [9.17, 15) is 19.2 Å². The number of ether oxygens (including phenoxy) is 2. The van der Waals surface area contributed by atoms with Crippen molar-refractivity contribution in [3.63, 3.8) is 0 Å². The molecule has 0 radical (unpaired) electrons. The van der Waals surface area contributed by atoms with Crippen molar-refractivity contribution in [1.29, 1.82) is 0 Å². The average molecular weight is 480 g/mol. The van der Waals surface area contributed by atoms with Crippen LogP contribution in [0.5, 0.6) is 0 Å². The maximum Gasteiger partial charge on any atom is 0.408 e. The topological polar surface area (TPSA) is 141 Å². The third-order valence-corrected chi connectivity index (χ3v) is 6.73. The van der Waals surface area contributed by atoms with Gasteiger partial charge < -0.3 is 25.4 Å². The quantitative estimate of drug-likeness (QED) is 0.451. The van der Waals surface area contributed by atoms with Gasteiger partial charge in [0.1, 0.15) is 17.2 Å². The van der Waals surface area contributed by atoms with Crippen LogP contribution in [0.2, 0.25) is 0 Å². The molecule has 2 aliphatic carbocycles. The first kappa shape index (κ1) is 24.1. The number of anilines is 1. The molecule has 3 N–H and O–H groups in total. The van der Waals surface area contributed by atoms with Crippen LogP contribution in [0.15, 0.2) is 12.3 Å². The Morgan fingerprint density at radius 3 is 2.44 bits per heavy atom. The summed E-state index contributed by atoms with van der Waals surface area (Å²) in [7, 11) is 1.67. The first-order chi connectivity index (χ1) is 16.2. The lowest BCUT2D eigenvalue weighted by atomic mass is 9.73. The van der Waals surface area contributed by atoms with Crippen molar-refractivity contribution < 1.29 is 33.0 Å². The van der Waals surface area contributed by atoms with E-state index in [1.54, 1.807) is 13.2 Å². The number of hydrogen-bond acceptors (Lipinski definition) is 7. The van der Waals surface area contributed by atoms with E-state index >= 15 is 4.39 Å². The summed E-state index contributed by atoms with van der Waals surface area (Å²) in [6.45, 7) is 0.528. The summed E-state index contributed by atoms with van der Waals surface area (Å²) in [5.74, 6) is -2.21. The normalized spacial score (nSPS) is 21.5. The van der Waals surface area contributed by atoms with Gasteiger partial charge in [-0.1, -0.05) is 12.8 Å². The van der Waals surface area contributed by atoms with Gasteiger partial charge in [-0.15, -0.1) is 0 Å². The number of aryl methyl sites for hydroxylation is 1. The van der Waals surface area contributed by atoms with E-state index in [0.717, 1.165) is 0 Å². The van der Waals surface area contributed by atoms with E-state index < -0.39 is 47.0 Å². The molecule has 2 saturated carbocycles. The minimum Gasteiger partial charge on any atom is -0.441 e. The van der Waals surface area contributed by atoms with Gasteiger partial charge in [0.25, 0.3) is 5.91 Å². The second kappa shape index (κ2) is 9.69. The summed E-state index contributed by atoms with van der Waals surface area (Å²) in [5, 5.41) is 11.6. The molecule has 1 atom stereocenters. The Labute approximate surface area is 196 Å². The number of alkyl carbamates (subject to hydrolysis) is 1. The summed E-state index contributed by atoms with van der Waals surface area (Å²) in [5.41, 5.74) is -3.00. The van der Waals surface area contributed by atoms with Crippen molar-refractivity contribution in [2.45, 2.75) is 74.7 Å². The van der Waals surface area contributed by atoms with Gasteiger partial charge in [0.05, 0.1) is 13.2 Å². The maximum absolute atomic E-state index is 15.2. The molecule has 1 saturated heterocycles. The molecule has 0 aromatic carbocycles. The second-order valence-corrected chi connectivity index (χ2v) is 9.41. The van der Waals surface area contributed by atoms with Crippen LogP contribution in [-0.2, 0) is 30.9 Å². The number of aromatic nitrogens is 2. The predicted molar refractivity (Wildman–Crippen MR) is 117 cm³/mol. The molecule has 3 amide bonds. The van der Waals surface area contributed by atoms with Crippen molar-refractivity contribution in [2.75, 3.05) is 18.5 Å². The lowest BCUT2D eigenvalue weighted by Crippen LogP contribution is -2.65. The molecule has 1 aliphatic heterocycles. The fraction of sp³-hybridized carbons (Fsp3) is 0.682. The standard InChI is InChI=1S/C22H30FN5O6/c1-28-10-5-16(27-28)25-19(31)17(29)22(8-4-9-22)26-18(30)15(11-21(23)6-2-3-7-21)24-20(32)34-14-12-33-13-14/h5,10,14-15H,2-4,6-9,11-13H2,1H3,(H,24,32)(H,26,30)(H,25,27,31)/t15-/m0/s1. The van der Waals surface area contributed by atoms with Gasteiger partial charge in [-0.2, -0.15) is 5.10 Å². The Balaban J connectivity index is 1.43. The highest BCUT2D eigenvalue weighted by molar-refractivity contribution is 6.44. The Bertz CT molecular complexity index is 951. The van der Waals surface area contributed by atoms with Crippen LogP contribution >= 0.6 is 0 Å². The Morgan fingerprint density at radius 1 is 1.21 bits per heavy atom. The maximum atomic E-state index is 15.2. The average Bonchev–Trinajstić information content (AvgIpc) is 3.34. The molecule has 0 unspecified atom stereocenters. The summed E-state index contributed by atoms with van der Waals surface area (Å²) < 4.78 is 26.9. The van der Waals surface area contributed by atoms with Crippen LogP contribution in [0.1, 0.15) is 51.4 Å². The Hall–Kier alpha value is -3.02. The number of Topliss-reactive ketones (excluding diaryl/α,β-unsaturated/α-hetero) is 1. The van der Waals surface area contributed by atoms with Gasteiger partial charge in [-0.25, -0.2) is 9.18 Å². The summed E-state index contributed by atoms with van der Waals surface area (Å²) in [6, 6.07) is 0.291. The first-order valence-corrected chi connectivity index (χ1v) is 11.6. The van der Waals surface area contributed by atoms with Crippen molar-refractivity contribution in [2.24, 2.45) is 7.05 Å². The lowest BCUT2D eigenvalue weighted by molar-refractivity contribution is -0.144. The van der Waals surface area contributed by atoms with Gasteiger partial charge in [0, 0.05) is 25.7 Å². The molecule has 0 spiro atoms. The fourth-order valence-corrected chi connectivity index (χ4v) is 4.53. The summed E-state index contributed by atoms with van der Waals surface area (Å²) in [6.07, 6.45) is 3.27. The SMILES string of the molecule is Cn1ccc(NC(=O)C(=O)C2(NC(=O)[C@H](CC3(F)CCCC3)NC(=O)OC3COC3)CCC2)n1. The van der Waals surface area contributed by atoms with E-state index in [4.69, 9.17) is 9.47 Å². The Kier molecular flexibility index (Phi) is 6.87. The van der Waals surface area contributed by atoms with Crippen LogP contribution in [0.4, 0.5) is 15.0 Å². The first-order valence-electron chi connectivity index (χ1n) is 11.6. The van der Waals surface area contributed by atoms with Crippen molar-refractivity contribution in [3.8, 4) is 0 Å². The molecule has 12 heteroatoms. The van der Waals surface area contributed by atoms with Gasteiger partial charge in [-0.3, -0.25) is 19.1 Å². The van der Waals surface area contributed by atoms with E-state index in [0.29, 0.717) is 32.1 Å². The molecular weight excluding hydrogens is 449 g/mol. The number of rotatable bonds is 9. The highest BCUT2D eigenvalue weighted by Crippen LogP contribution is 2.38. The van der Waals surface area contributed by atoms with E-state index in [1.165, 1.54) is 10.7 Å². The van der Waals surface area contributed by atoms with Crippen LogP contribution in [0, 0.1) is 0 Å². The number of nitrogens with one attached hydrogen (secondary N) is 3. The van der Waals surface area contributed by atoms with Gasteiger partial charge in [-0.05, 0) is 32.1 Å². The van der Waals surface area contributed by atoms with Gasteiger partial charge in [0.15, 0.2) is 11.9 Å². The molecule has 11 nitrogen and oxygen atoms in total. The Morgan fingerprint density at radius 2 is 1.91 bits per heavy atom. The molecule has 34 heavy (non-hydrogen) atoms. The molecular formula is C22H30FN5O6. The summed E-state index contributed by atoms with van der Waals surface area (Å²) >= 11 is 0. The number of ketones is 1. The molecule has 3 aliphatic rings. The number of amides is 3. The highest BCUT2D eigenvalue weighted by Gasteiger charge is 2.50. The number of carbonyl (C=O) groups is 4. The van der Waals surface area contributed by atoms with Crippen LogP contribution in [-0.4, -0.2) is 70.0 Å². The zero-order valence-electron chi connectivity index (χ0n) is 19.1. The predicted octanol–water partition coefficient (Wildman–Crippen LogP) is 1.13. The van der Waals surface area contributed by atoms with Gasteiger partial charge >= 0.3 is 6.09 Å². The molecule has 0 bridgehead atoms. The van der Waals surface area contributed by atoms with E-state index in [1.807, 2.05) is 0 Å². The molecule has 1 aromatic heterocycles. The minimum absolute atomic E-state index is 0.213. The summed E-state index contributed by atoms with van der Waals surface area (Å²) in [4.78, 5) is 51.0. The van der Waals surface area contributed by atoms with E-state index in [-0.39, 0.29) is 38.3 Å². The van der Waals surface area contributed by atoms with Gasteiger partial charge in [0.2, 0.25) is 11.7 Å². The van der Waals surface area contributed by atoms with Crippen LogP contribution < -0.4 is 16.0 Å². The van der Waals surface area contributed by atoms with Crippen LogP contribution in [0.3, 0.4) is 0 Å². The third-order valence-electron chi connectivity index (χ3n) is 6.73. The van der Waals surface area contributed by atoms with Crippen molar-refractivity contribution in [3.05, 3.63) is 12.3 Å². The number of nitrogens with zero attached hydrogens (tertiary/aromatic N) is 2. The minimum atomic E-state index is -1.60. The molecule has 1 aromatic rings.